The van der Waals surface area contributed by atoms with Crippen molar-refractivity contribution in [1.82, 2.24) is 9.36 Å². The molecule has 7 heteroatoms. The molecule has 7 nitrogen and oxygen atoms in total. The Balaban J connectivity index is 1.73. The molecule has 0 saturated heterocycles. The molecule has 3 N–H and O–H groups in total. The molecule has 4 rings (SSSR count). The van der Waals surface area contributed by atoms with Gasteiger partial charge in [0.2, 0.25) is 17.2 Å². The number of benzene rings is 2. The van der Waals surface area contributed by atoms with Crippen LogP contribution in [0.3, 0.4) is 0 Å². The van der Waals surface area contributed by atoms with Crippen LogP contribution in [0.25, 0.3) is 5.69 Å². The molecule has 1 heterocycles. The zero-order valence-corrected chi connectivity index (χ0v) is 15.5. The van der Waals surface area contributed by atoms with Crippen molar-refractivity contribution in [2.75, 3.05) is 5.73 Å². The Hall–Kier alpha value is -3.45. The summed E-state index contributed by atoms with van der Waals surface area (Å²) in [5.74, 6) is -1.33. The lowest BCUT2D eigenvalue weighted by atomic mass is 9.73. The molecule has 142 valence electrons. The zero-order chi connectivity index (χ0) is 20.0. The third-order valence-corrected chi connectivity index (χ3v) is 5.23. The highest BCUT2D eigenvalue weighted by Crippen LogP contribution is 2.29. The summed E-state index contributed by atoms with van der Waals surface area (Å²) >= 11 is 0. The number of rotatable bonds is 3. The van der Waals surface area contributed by atoms with Gasteiger partial charge in [-0.3, -0.25) is 14.3 Å². The monoisotopic (exact) mass is 376 g/mol. The number of nitrogen functional groups attached to an aromatic ring is 1. The van der Waals surface area contributed by atoms with Gasteiger partial charge in [-0.25, -0.2) is 9.67 Å². The van der Waals surface area contributed by atoms with E-state index in [1.807, 2.05) is 30.3 Å². The van der Waals surface area contributed by atoms with Gasteiger partial charge >= 0.3 is 0 Å². The van der Waals surface area contributed by atoms with Crippen molar-refractivity contribution in [1.29, 1.82) is 0 Å². The average molecular weight is 376 g/mol. The summed E-state index contributed by atoms with van der Waals surface area (Å²) < 4.78 is 3.16. The number of hydrogen-bond acceptors (Lipinski definition) is 4. The second-order valence-corrected chi connectivity index (χ2v) is 6.90. The third-order valence-electron chi connectivity index (χ3n) is 5.23. The number of Topliss-reactive ketones (excluding diaryl/α,β-unsaturated/α-hetero) is 1. The van der Waals surface area contributed by atoms with E-state index >= 15 is 0 Å². The SMILES string of the molecule is Cc1c(C2C(=O)C(=[NH+]c3ccc(N)cc3)C2[O-])c(=O)n(-c2ccccc2)n1C. The van der Waals surface area contributed by atoms with E-state index in [4.69, 9.17) is 5.73 Å². The van der Waals surface area contributed by atoms with E-state index in [2.05, 4.69) is 4.99 Å². The van der Waals surface area contributed by atoms with E-state index in [0.717, 1.165) is 0 Å². The Kier molecular flexibility index (Phi) is 4.24. The third kappa shape index (κ3) is 2.68. The summed E-state index contributed by atoms with van der Waals surface area (Å²) in [5, 5.41) is 12.8. The molecular weight excluding hydrogens is 356 g/mol. The molecule has 2 atom stereocenters. The van der Waals surface area contributed by atoms with Crippen LogP contribution in [0.15, 0.2) is 59.4 Å². The van der Waals surface area contributed by atoms with Crippen molar-refractivity contribution in [2.45, 2.75) is 18.9 Å². The molecule has 0 amide bonds. The van der Waals surface area contributed by atoms with Crippen LogP contribution in [0.4, 0.5) is 11.4 Å². The molecule has 0 spiro atoms. The number of nitrogens with one attached hydrogen (secondary N) is 1. The molecule has 1 aliphatic carbocycles. The van der Waals surface area contributed by atoms with Crippen LogP contribution in [0.2, 0.25) is 0 Å². The lowest BCUT2D eigenvalue weighted by molar-refractivity contribution is -0.434. The molecule has 3 aromatic rings. The van der Waals surface area contributed by atoms with Crippen LogP contribution in [0.5, 0.6) is 0 Å². The van der Waals surface area contributed by atoms with Crippen molar-refractivity contribution in [3.05, 3.63) is 76.2 Å². The van der Waals surface area contributed by atoms with Gasteiger partial charge in [-0.1, -0.05) is 18.2 Å². The van der Waals surface area contributed by atoms with Gasteiger partial charge in [0.1, 0.15) is 0 Å². The summed E-state index contributed by atoms with van der Waals surface area (Å²) in [4.78, 5) is 28.7. The summed E-state index contributed by atoms with van der Waals surface area (Å²) in [5.41, 5.74) is 8.15. The van der Waals surface area contributed by atoms with Gasteiger partial charge in [0.25, 0.3) is 5.56 Å². The van der Waals surface area contributed by atoms with E-state index in [1.165, 1.54) is 4.68 Å². The van der Waals surface area contributed by atoms with E-state index in [9.17, 15) is 14.7 Å². The largest absolute Gasteiger partial charge is 0.843 e. The van der Waals surface area contributed by atoms with E-state index in [-0.39, 0.29) is 22.6 Å². The average Bonchev–Trinajstić information content (AvgIpc) is 2.91. The van der Waals surface area contributed by atoms with Gasteiger partial charge < -0.3 is 10.8 Å². The fourth-order valence-corrected chi connectivity index (χ4v) is 3.60. The molecule has 0 bridgehead atoms. The standard InChI is InChI=1S/C21H19N4O3/c1-12-16(21(28)25(24(12)2)15-6-4-3-5-7-15)17-19(26)18(20(17)27)23-14-10-8-13(22)9-11-14/h3-11,17,19H,22H2,1-2H3/q-1/p+1. The van der Waals surface area contributed by atoms with Crippen LogP contribution < -0.4 is 21.4 Å². The van der Waals surface area contributed by atoms with Crippen LogP contribution in [-0.4, -0.2) is 27.0 Å². The highest BCUT2D eigenvalue weighted by molar-refractivity contribution is 6.48. The topological polar surface area (TPSA) is 107 Å². The minimum absolute atomic E-state index is 0.0729. The second-order valence-electron chi connectivity index (χ2n) is 6.90. The predicted octanol–water partition coefficient (Wildman–Crippen LogP) is -0.685. The van der Waals surface area contributed by atoms with Gasteiger partial charge in [0.05, 0.1) is 17.2 Å². The fraction of sp³-hybridized carbons (Fsp3) is 0.190. The normalized spacial score (nSPS) is 20.4. The van der Waals surface area contributed by atoms with Gasteiger partial charge in [-0.2, -0.15) is 0 Å². The van der Waals surface area contributed by atoms with Crippen molar-refractivity contribution >= 4 is 22.9 Å². The van der Waals surface area contributed by atoms with Gasteiger partial charge in [0, 0.05) is 30.6 Å². The van der Waals surface area contributed by atoms with Crippen molar-refractivity contribution in [3.63, 3.8) is 0 Å². The Morgan fingerprint density at radius 1 is 1.04 bits per heavy atom. The summed E-state index contributed by atoms with van der Waals surface area (Å²) in [6, 6.07) is 15.9. The maximum Gasteiger partial charge on any atom is 0.275 e. The summed E-state index contributed by atoms with van der Waals surface area (Å²) in [6.45, 7) is 1.75. The first-order chi connectivity index (χ1) is 13.4. The van der Waals surface area contributed by atoms with Crippen LogP contribution in [-0.2, 0) is 11.8 Å². The Morgan fingerprint density at radius 3 is 2.29 bits per heavy atom. The van der Waals surface area contributed by atoms with E-state index < -0.39 is 12.0 Å². The molecule has 0 radical (unpaired) electrons. The van der Waals surface area contributed by atoms with Gasteiger partial charge in [0.15, 0.2) is 0 Å². The maximum absolute atomic E-state index is 13.0. The molecule has 1 aromatic heterocycles. The Labute approximate surface area is 161 Å². The number of aromatic nitrogens is 2. The summed E-state index contributed by atoms with van der Waals surface area (Å²) in [7, 11) is 1.74. The Bertz CT molecular complexity index is 1140. The first kappa shape index (κ1) is 17.9. The highest BCUT2D eigenvalue weighted by Gasteiger charge is 2.48. The maximum atomic E-state index is 13.0. The number of nitrogens with two attached hydrogens (primary N) is 1. The minimum Gasteiger partial charge on any atom is -0.843 e. The van der Waals surface area contributed by atoms with Gasteiger partial charge in [-0.05, 0) is 37.3 Å². The molecular formula is C21H20N4O3. The molecule has 1 fully saturated rings. The van der Waals surface area contributed by atoms with Gasteiger partial charge in [-0.15, -0.1) is 0 Å². The van der Waals surface area contributed by atoms with Crippen molar-refractivity contribution in [2.24, 2.45) is 7.05 Å². The number of ketones is 1. The first-order valence-corrected chi connectivity index (χ1v) is 8.93. The number of para-hydroxylation sites is 1. The first-order valence-electron chi connectivity index (χ1n) is 8.93. The molecule has 2 unspecified atom stereocenters. The predicted molar refractivity (Wildman–Crippen MR) is 104 cm³/mol. The molecule has 28 heavy (non-hydrogen) atoms. The van der Waals surface area contributed by atoms with Crippen LogP contribution in [0, 0.1) is 6.92 Å². The Morgan fingerprint density at radius 2 is 1.68 bits per heavy atom. The zero-order valence-electron chi connectivity index (χ0n) is 15.5. The van der Waals surface area contributed by atoms with E-state index in [1.54, 1.807) is 42.9 Å². The lowest BCUT2D eigenvalue weighted by Crippen LogP contribution is -2.80. The quantitative estimate of drug-likeness (QED) is 0.590. The molecule has 0 aliphatic heterocycles. The van der Waals surface area contributed by atoms with Crippen LogP contribution >= 0.6 is 0 Å². The number of carbonyl (C=O) groups excluding carboxylic acids is 1. The van der Waals surface area contributed by atoms with Crippen molar-refractivity contribution < 1.29 is 14.9 Å². The molecule has 2 aromatic carbocycles. The number of nitrogens with zero attached hydrogens (tertiary/aromatic N) is 2. The molecule has 1 aliphatic rings. The number of anilines is 1. The minimum atomic E-state index is -1.32. The number of carbonyl (C=O) groups is 1. The van der Waals surface area contributed by atoms with E-state index in [0.29, 0.717) is 22.8 Å². The molecule has 1 saturated carbocycles. The smallest absolute Gasteiger partial charge is 0.275 e. The second kappa shape index (κ2) is 6.61. The van der Waals surface area contributed by atoms with Crippen molar-refractivity contribution in [3.8, 4) is 5.69 Å². The summed E-state index contributed by atoms with van der Waals surface area (Å²) in [6.07, 6.45) is -1.32. The lowest BCUT2D eigenvalue weighted by Gasteiger charge is -2.36. The fourth-order valence-electron chi connectivity index (χ4n) is 3.60. The number of hydrogen-bond donors (Lipinski definition) is 2. The van der Waals surface area contributed by atoms with Crippen LogP contribution in [0.1, 0.15) is 17.2 Å². The highest BCUT2D eigenvalue weighted by atomic mass is 16.3.